The minimum Gasteiger partial charge on any atom is -0.365 e. The molecule has 0 aliphatic carbocycles. The van der Waals surface area contributed by atoms with Gasteiger partial charge in [0.05, 0.1) is 0 Å². The molecule has 0 spiro atoms. The number of nitrogens with zero attached hydrogens (tertiary/aromatic N) is 3. The molecule has 1 aliphatic rings. The highest BCUT2D eigenvalue weighted by Gasteiger charge is 2.22. The van der Waals surface area contributed by atoms with Gasteiger partial charge in [-0.1, -0.05) is 0 Å². The fourth-order valence-corrected chi connectivity index (χ4v) is 2.27. The van der Waals surface area contributed by atoms with E-state index in [1.807, 2.05) is 0 Å². The third-order valence-electron chi connectivity index (χ3n) is 3.33. The quantitative estimate of drug-likeness (QED) is 0.838. The molecule has 2 heterocycles. The van der Waals surface area contributed by atoms with Crippen molar-refractivity contribution in [2.24, 2.45) is 5.92 Å². The van der Waals surface area contributed by atoms with Crippen LogP contribution in [0.3, 0.4) is 0 Å². The first-order valence-corrected chi connectivity index (χ1v) is 5.97. The Morgan fingerprint density at radius 3 is 2.62 bits per heavy atom. The van der Waals surface area contributed by atoms with Crippen LogP contribution in [0, 0.1) is 5.92 Å². The zero-order chi connectivity index (χ0) is 11.5. The molecule has 1 aromatic rings. The van der Waals surface area contributed by atoms with E-state index in [-0.39, 0.29) is 5.95 Å². The molecule has 1 aliphatic heterocycles. The van der Waals surface area contributed by atoms with Crippen molar-refractivity contribution in [2.45, 2.75) is 39.2 Å². The molecule has 0 aromatic carbocycles. The van der Waals surface area contributed by atoms with Gasteiger partial charge in [0.15, 0.2) is 0 Å². The highest BCUT2D eigenvalue weighted by molar-refractivity contribution is 5.10. The molecule has 5 heteroatoms. The summed E-state index contributed by atoms with van der Waals surface area (Å²) in [5, 5.41) is 3.61. The molecule has 2 rings (SSSR count). The average Bonchev–Trinajstić information content (AvgIpc) is 2.65. The van der Waals surface area contributed by atoms with E-state index in [1.54, 1.807) is 0 Å². The van der Waals surface area contributed by atoms with E-state index in [9.17, 15) is 0 Å². The van der Waals surface area contributed by atoms with Crippen LogP contribution in [0.25, 0.3) is 0 Å². The number of rotatable bonds is 3. The van der Waals surface area contributed by atoms with Gasteiger partial charge in [-0.15, -0.1) is 0 Å². The average molecular weight is 224 g/mol. The molecule has 0 saturated carbocycles. The Labute approximate surface area is 96.0 Å². The molecule has 0 radical (unpaired) electrons. The first-order chi connectivity index (χ1) is 7.65. The molecular weight excluding hydrogens is 204 g/mol. The van der Waals surface area contributed by atoms with Crippen molar-refractivity contribution >= 4 is 5.95 Å². The first kappa shape index (κ1) is 11.4. The molecule has 0 bridgehead atoms. The van der Waals surface area contributed by atoms with Gasteiger partial charge in [0.1, 0.15) is 0 Å². The Hall–Kier alpha value is -1.10. The standard InChI is InChI=1S/C11H20N4O/c1-8(2)15-5-3-9(4-6-15)7-10-13-11(12)14-16-10/h8-9H,3-7H2,1-2H3,(H2,12,14). The van der Waals surface area contributed by atoms with Crippen LogP contribution in [0.5, 0.6) is 0 Å². The predicted octanol–water partition coefficient (Wildman–Crippen LogP) is 1.31. The number of likely N-dealkylation sites (tertiary alicyclic amines) is 1. The number of piperidine rings is 1. The van der Waals surface area contributed by atoms with Crippen LogP contribution < -0.4 is 5.73 Å². The van der Waals surface area contributed by atoms with E-state index in [4.69, 9.17) is 10.3 Å². The Balaban J connectivity index is 1.81. The molecule has 5 nitrogen and oxygen atoms in total. The monoisotopic (exact) mass is 224 g/mol. The summed E-state index contributed by atoms with van der Waals surface area (Å²) in [5.74, 6) is 1.59. The lowest BCUT2D eigenvalue weighted by molar-refractivity contribution is 0.145. The van der Waals surface area contributed by atoms with Gasteiger partial charge >= 0.3 is 0 Å². The number of nitrogens with two attached hydrogens (primary N) is 1. The van der Waals surface area contributed by atoms with Crippen molar-refractivity contribution < 1.29 is 4.52 Å². The minimum absolute atomic E-state index is 0.245. The van der Waals surface area contributed by atoms with Crippen molar-refractivity contribution in [3.8, 4) is 0 Å². The molecule has 0 unspecified atom stereocenters. The second-order valence-electron chi connectivity index (χ2n) is 4.82. The van der Waals surface area contributed by atoms with Gasteiger partial charge in [-0.25, -0.2) is 0 Å². The number of anilines is 1. The van der Waals surface area contributed by atoms with Gasteiger partial charge in [0, 0.05) is 12.5 Å². The Bertz CT molecular complexity index is 328. The zero-order valence-corrected chi connectivity index (χ0v) is 10.0. The van der Waals surface area contributed by atoms with Gasteiger partial charge in [-0.05, 0) is 50.9 Å². The molecule has 90 valence electrons. The third-order valence-corrected chi connectivity index (χ3v) is 3.33. The SMILES string of the molecule is CC(C)N1CCC(Cc2nc(N)no2)CC1. The molecule has 0 amide bonds. The van der Waals surface area contributed by atoms with Crippen LogP contribution >= 0.6 is 0 Å². The van der Waals surface area contributed by atoms with Crippen LogP contribution in [0.2, 0.25) is 0 Å². The van der Waals surface area contributed by atoms with Crippen LogP contribution in [0.1, 0.15) is 32.6 Å². The zero-order valence-electron chi connectivity index (χ0n) is 10.0. The van der Waals surface area contributed by atoms with Crippen molar-refractivity contribution in [2.75, 3.05) is 18.8 Å². The Kier molecular flexibility index (Phi) is 3.43. The molecule has 16 heavy (non-hydrogen) atoms. The highest BCUT2D eigenvalue weighted by atomic mass is 16.5. The lowest BCUT2D eigenvalue weighted by Gasteiger charge is -2.34. The maximum Gasteiger partial charge on any atom is 0.260 e. The number of hydrogen-bond acceptors (Lipinski definition) is 5. The summed E-state index contributed by atoms with van der Waals surface area (Å²) in [5.41, 5.74) is 5.42. The van der Waals surface area contributed by atoms with Crippen molar-refractivity contribution in [1.82, 2.24) is 15.0 Å². The summed E-state index contributed by atoms with van der Waals surface area (Å²) in [7, 11) is 0. The molecule has 2 N–H and O–H groups in total. The van der Waals surface area contributed by atoms with Crippen LogP contribution in [0.15, 0.2) is 4.52 Å². The van der Waals surface area contributed by atoms with E-state index < -0.39 is 0 Å². The predicted molar refractivity (Wildman–Crippen MR) is 61.8 cm³/mol. The summed E-state index contributed by atoms with van der Waals surface area (Å²) in [6, 6.07) is 0.653. The number of aromatic nitrogens is 2. The fraction of sp³-hybridized carbons (Fsp3) is 0.818. The van der Waals surface area contributed by atoms with E-state index in [1.165, 1.54) is 25.9 Å². The Morgan fingerprint density at radius 2 is 2.12 bits per heavy atom. The van der Waals surface area contributed by atoms with Gasteiger partial charge in [0.25, 0.3) is 5.95 Å². The normalized spacial score (nSPS) is 19.4. The second kappa shape index (κ2) is 4.82. The van der Waals surface area contributed by atoms with Crippen LogP contribution in [-0.4, -0.2) is 34.2 Å². The van der Waals surface area contributed by atoms with E-state index in [0.29, 0.717) is 17.9 Å². The molecular formula is C11H20N4O. The lowest BCUT2D eigenvalue weighted by atomic mass is 9.93. The summed E-state index contributed by atoms with van der Waals surface area (Å²) >= 11 is 0. The first-order valence-electron chi connectivity index (χ1n) is 5.97. The van der Waals surface area contributed by atoms with Crippen molar-refractivity contribution in [1.29, 1.82) is 0 Å². The van der Waals surface area contributed by atoms with Crippen LogP contribution in [-0.2, 0) is 6.42 Å². The van der Waals surface area contributed by atoms with E-state index in [0.717, 1.165) is 6.42 Å². The van der Waals surface area contributed by atoms with E-state index >= 15 is 0 Å². The topological polar surface area (TPSA) is 68.2 Å². The molecule has 0 atom stereocenters. The smallest absolute Gasteiger partial charge is 0.260 e. The molecule has 1 saturated heterocycles. The number of nitrogen functional groups attached to an aromatic ring is 1. The van der Waals surface area contributed by atoms with Crippen LogP contribution in [0.4, 0.5) is 5.95 Å². The lowest BCUT2D eigenvalue weighted by Crippen LogP contribution is -2.38. The second-order valence-corrected chi connectivity index (χ2v) is 4.82. The third kappa shape index (κ3) is 2.72. The highest BCUT2D eigenvalue weighted by Crippen LogP contribution is 2.22. The van der Waals surface area contributed by atoms with Gasteiger partial charge in [0.2, 0.25) is 5.89 Å². The maximum atomic E-state index is 5.42. The number of hydrogen-bond donors (Lipinski definition) is 1. The van der Waals surface area contributed by atoms with Gasteiger partial charge in [-0.2, -0.15) is 4.98 Å². The summed E-state index contributed by atoms with van der Waals surface area (Å²) in [6.45, 7) is 6.84. The molecule has 1 fully saturated rings. The van der Waals surface area contributed by atoms with Gasteiger partial charge in [-0.3, -0.25) is 0 Å². The molecule has 1 aromatic heterocycles. The van der Waals surface area contributed by atoms with Crippen molar-refractivity contribution in [3.63, 3.8) is 0 Å². The minimum atomic E-state index is 0.245. The largest absolute Gasteiger partial charge is 0.365 e. The summed E-state index contributed by atoms with van der Waals surface area (Å²) < 4.78 is 5.04. The van der Waals surface area contributed by atoms with Gasteiger partial charge < -0.3 is 15.2 Å². The maximum absolute atomic E-state index is 5.42. The van der Waals surface area contributed by atoms with Crippen molar-refractivity contribution in [3.05, 3.63) is 5.89 Å². The van der Waals surface area contributed by atoms with E-state index in [2.05, 4.69) is 28.9 Å². The fourth-order valence-electron chi connectivity index (χ4n) is 2.27. The summed E-state index contributed by atoms with van der Waals surface area (Å²) in [4.78, 5) is 6.56. The Morgan fingerprint density at radius 1 is 1.44 bits per heavy atom. The summed E-state index contributed by atoms with van der Waals surface area (Å²) in [6.07, 6.45) is 3.29.